The Morgan fingerprint density at radius 1 is 0.889 bits per heavy atom. The normalized spacial score (nSPS) is 12.1. The van der Waals surface area contributed by atoms with Gasteiger partial charge in [-0.2, -0.15) is 4.79 Å². The predicted molar refractivity (Wildman–Crippen MR) is 135 cm³/mol. The Balaban J connectivity index is 5.24. The third-order valence-corrected chi connectivity index (χ3v) is 5.29. The second-order valence-corrected chi connectivity index (χ2v) is 9.06. The molecular weight excluding hydrogens is 466 g/mol. The zero-order valence-corrected chi connectivity index (χ0v) is 22.1. The lowest BCUT2D eigenvalue weighted by atomic mass is 10.0. The van der Waals surface area contributed by atoms with Crippen molar-refractivity contribution in [1.82, 2.24) is 16.0 Å². The standard InChI is InChI=1S/C25H43N5O6/c1-5-6-7-8-9-13-23(33)29-21(12-10-11-16-27-19(4)31)24(34)30-22(25(35)36-18(2)3)15-14-20(32)17-28-26/h17-18,21-22H,5-16H2,1-4H3,(H,27,31)(H,29,33)(H,30,34)/t21-,22-/m0/s1. The minimum Gasteiger partial charge on any atom is -0.461 e. The molecule has 204 valence electrons. The molecule has 0 bridgehead atoms. The van der Waals surface area contributed by atoms with Gasteiger partial charge in [0.1, 0.15) is 12.1 Å². The molecule has 0 radical (unpaired) electrons. The van der Waals surface area contributed by atoms with Crippen molar-refractivity contribution < 1.29 is 33.5 Å². The smallest absolute Gasteiger partial charge is 0.328 e. The Morgan fingerprint density at radius 3 is 2.19 bits per heavy atom. The predicted octanol–water partition coefficient (Wildman–Crippen LogP) is 2.22. The molecule has 11 nitrogen and oxygen atoms in total. The quantitative estimate of drug-likeness (QED) is 0.0748. The van der Waals surface area contributed by atoms with Gasteiger partial charge in [-0.15, -0.1) is 0 Å². The summed E-state index contributed by atoms with van der Waals surface area (Å²) in [7, 11) is 0. The van der Waals surface area contributed by atoms with Gasteiger partial charge in [0.15, 0.2) is 0 Å². The topological polar surface area (TPSA) is 167 Å². The number of ether oxygens (including phenoxy) is 1. The van der Waals surface area contributed by atoms with Crippen LogP contribution in [0.2, 0.25) is 0 Å². The van der Waals surface area contributed by atoms with Gasteiger partial charge in [-0.05, 0) is 46.0 Å². The van der Waals surface area contributed by atoms with Crippen molar-refractivity contribution in [3.8, 4) is 0 Å². The van der Waals surface area contributed by atoms with E-state index in [2.05, 4.69) is 27.7 Å². The highest BCUT2D eigenvalue weighted by atomic mass is 16.5. The molecule has 0 aromatic heterocycles. The molecule has 0 aliphatic heterocycles. The molecule has 0 aromatic carbocycles. The molecule has 0 aliphatic rings. The molecule has 0 fully saturated rings. The molecule has 0 unspecified atom stereocenters. The number of nitrogens with zero attached hydrogens (tertiary/aromatic N) is 2. The first-order chi connectivity index (χ1) is 17.1. The van der Waals surface area contributed by atoms with Crippen molar-refractivity contribution in [2.24, 2.45) is 0 Å². The fourth-order valence-corrected chi connectivity index (χ4v) is 3.41. The first-order valence-corrected chi connectivity index (χ1v) is 12.9. The zero-order valence-electron chi connectivity index (χ0n) is 22.1. The molecule has 0 heterocycles. The molecule has 0 aliphatic carbocycles. The summed E-state index contributed by atoms with van der Waals surface area (Å²) in [5.74, 6) is -2.15. The van der Waals surface area contributed by atoms with Gasteiger partial charge in [-0.3, -0.25) is 19.2 Å². The molecule has 2 atom stereocenters. The van der Waals surface area contributed by atoms with Gasteiger partial charge in [-0.1, -0.05) is 32.6 Å². The SMILES string of the molecule is CCCCCCCC(=O)N[C@@H](CCCCNC(C)=O)C(=O)N[C@@H](CCC(=O)C=[N+]=[N-])C(=O)OC(C)C. The molecule has 0 saturated heterocycles. The number of Topliss-reactive ketones (excluding diaryl/α,β-unsaturated/α-hetero) is 1. The lowest BCUT2D eigenvalue weighted by Crippen LogP contribution is -2.52. The van der Waals surface area contributed by atoms with E-state index in [1.165, 1.54) is 6.92 Å². The molecule has 0 aromatic rings. The molecule has 11 heteroatoms. The maximum Gasteiger partial charge on any atom is 0.328 e. The van der Waals surface area contributed by atoms with Crippen molar-refractivity contribution in [2.75, 3.05) is 6.54 Å². The van der Waals surface area contributed by atoms with Gasteiger partial charge in [0.25, 0.3) is 0 Å². The summed E-state index contributed by atoms with van der Waals surface area (Å²) in [4.78, 5) is 63.6. The highest BCUT2D eigenvalue weighted by Crippen LogP contribution is 2.09. The number of rotatable bonds is 20. The lowest BCUT2D eigenvalue weighted by Gasteiger charge is -2.23. The maximum absolute atomic E-state index is 13.1. The van der Waals surface area contributed by atoms with Crippen LogP contribution in [-0.2, 0) is 28.7 Å². The second-order valence-electron chi connectivity index (χ2n) is 9.06. The Morgan fingerprint density at radius 2 is 1.58 bits per heavy atom. The number of nitrogens with one attached hydrogen (secondary N) is 3. The molecular formula is C25H43N5O6. The van der Waals surface area contributed by atoms with E-state index in [1.807, 2.05) is 0 Å². The van der Waals surface area contributed by atoms with Gasteiger partial charge < -0.3 is 26.2 Å². The van der Waals surface area contributed by atoms with E-state index in [4.69, 9.17) is 10.3 Å². The molecule has 36 heavy (non-hydrogen) atoms. The number of carbonyl (C=O) groups is 5. The van der Waals surface area contributed by atoms with Crippen LogP contribution in [0.3, 0.4) is 0 Å². The highest BCUT2D eigenvalue weighted by molar-refractivity contribution is 6.25. The summed E-state index contributed by atoms with van der Waals surface area (Å²) in [5, 5.41) is 8.07. The van der Waals surface area contributed by atoms with Gasteiger partial charge >= 0.3 is 12.2 Å². The Kier molecular flexibility index (Phi) is 18.4. The summed E-state index contributed by atoms with van der Waals surface area (Å²) < 4.78 is 5.21. The molecule has 0 rings (SSSR count). The lowest BCUT2D eigenvalue weighted by molar-refractivity contribution is -0.152. The number of hydrogen-bond acceptors (Lipinski definition) is 6. The number of ketones is 1. The van der Waals surface area contributed by atoms with Crippen LogP contribution in [-0.4, -0.2) is 65.2 Å². The van der Waals surface area contributed by atoms with Crippen LogP contribution in [0.4, 0.5) is 0 Å². The Bertz CT molecular complexity index is 764. The van der Waals surface area contributed by atoms with Gasteiger partial charge in [0.2, 0.25) is 23.5 Å². The zero-order chi connectivity index (χ0) is 27.3. The van der Waals surface area contributed by atoms with E-state index in [1.54, 1.807) is 13.8 Å². The van der Waals surface area contributed by atoms with Crippen molar-refractivity contribution in [1.29, 1.82) is 0 Å². The first kappa shape index (κ1) is 32.9. The summed E-state index contributed by atoms with van der Waals surface area (Å²) in [6, 6.07) is -1.99. The maximum atomic E-state index is 13.1. The third kappa shape index (κ3) is 17.4. The summed E-state index contributed by atoms with van der Waals surface area (Å²) in [6.07, 6.45) is 6.81. The number of esters is 1. The van der Waals surface area contributed by atoms with E-state index in [9.17, 15) is 24.0 Å². The molecule has 0 saturated carbocycles. The van der Waals surface area contributed by atoms with Crippen LogP contribution < -0.4 is 16.0 Å². The van der Waals surface area contributed by atoms with Crippen molar-refractivity contribution in [3.05, 3.63) is 5.53 Å². The summed E-state index contributed by atoms with van der Waals surface area (Å²) in [6.45, 7) is 7.32. The van der Waals surface area contributed by atoms with Gasteiger partial charge in [0.05, 0.1) is 6.10 Å². The molecule has 3 N–H and O–H groups in total. The average molecular weight is 510 g/mol. The number of carbonyl (C=O) groups excluding carboxylic acids is 5. The first-order valence-electron chi connectivity index (χ1n) is 12.9. The largest absolute Gasteiger partial charge is 0.461 e. The Hall–Kier alpha value is -3.07. The van der Waals surface area contributed by atoms with Crippen LogP contribution in [0.1, 0.15) is 98.3 Å². The fourth-order valence-electron chi connectivity index (χ4n) is 3.41. The van der Waals surface area contributed by atoms with Crippen LogP contribution >= 0.6 is 0 Å². The summed E-state index contributed by atoms with van der Waals surface area (Å²) in [5.41, 5.74) is 8.51. The number of amides is 3. The minimum atomic E-state index is -1.11. The molecule has 3 amide bonds. The number of hydrogen-bond donors (Lipinski definition) is 3. The number of unbranched alkanes of at least 4 members (excludes halogenated alkanes) is 5. The monoisotopic (exact) mass is 509 g/mol. The third-order valence-electron chi connectivity index (χ3n) is 5.29. The Labute approximate surface area is 214 Å². The fraction of sp³-hybridized carbons (Fsp3) is 0.760. The van der Waals surface area contributed by atoms with E-state index >= 15 is 0 Å². The highest BCUT2D eigenvalue weighted by Gasteiger charge is 2.28. The van der Waals surface area contributed by atoms with Crippen molar-refractivity contribution in [2.45, 2.75) is 117 Å². The van der Waals surface area contributed by atoms with Crippen LogP contribution in [0.5, 0.6) is 0 Å². The van der Waals surface area contributed by atoms with Gasteiger partial charge in [0, 0.05) is 26.3 Å². The van der Waals surface area contributed by atoms with E-state index in [-0.39, 0.29) is 24.7 Å². The van der Waals surface area contributed by atoms with Crippen molar-refractivity contribution in [3.63, 3.8) is 0 Å². The van der Waals surface area contributed by atoms with E-state index in [0.717, 1.165) is 38.3 Å². The summed E-state index contributed by atoms with van der Waals surface area (Å²) >= 11 is 0. The van der Waals surface area contributed by atoms with Crippen LogP contribution in [0, 0.1) is 0 Å². The second kappa shape index (κ2) is 20.2. The van der Waals surface area contributed by atoms with Gasteiger partial charge in [-0.25, -0.2) is 4.79 Å². The van der Waals surface area contributed by atoms with Crippen molar-refractivity contribution >= 4 is 35.7 Å². The van der Waals surface area contributed by atoms with Crippen LogP contribution in [0.15, 0.2) is 0 Å². The average Bonchev–Trinajstić information content (AvgIpc) is 2.79. The minimum absolute atomic E-state index is 0.0528. The van der Waals surface area contributed by atoms with E-state index in [0.29, 0.717) is 32.2 Å². The van der Waals surface area contributed by atoms with E-state index < -0.39 is 35.8 Å². The molecule has 0 spiro atoms. The van der Waals surface area contributed by atoms with Crippen LogP contribution in [0.25, 0.3) is 5.53 Å².